The number of carbonyl (C=O) groups is 1. The molecule has 1 aromatic rings. The van der Waals surface area contributed by atoms with E-state index in [0.29, 0.717) is 5.56 Å². The first-order valence-electron chi connectivity index (χ1n) is 6.64. The normalized spacial score (nSPS) is 17.7. The number of halogens is 1. The third-order valence-electron chi connectivity index (χ3n) is 3.36. The minimum atomic E-state index is -0.521. The Balaban J connectivity index is 2.17. The van der Waals surface area contributed by atoms with Gasteiger partial charge in [-0.2, -0.15) is 0 Å². The number of hydrogen-bond donors (Lipinski definition) is 2. The van der Waals surface area contributed by atoms with E-state index in [9.17, 15) is 14.3 Å². The van der Waals surface area contributed by atoms with Crippen LogP contribution in [0.25, 0.3) is 0 Å². The maximum absolute atomic E-state index is 13.3. The van der Waals surface area contributed by atoms with E-state index in [1.54, 1.807) is 6.07 Å². The minimum absolute atomic E-state index is 0.0965. The summed E-state index contributed by atoms with van der Waals surface area (Å²) in [6.45, 7) is 3.93. The summed E-state index contributed by atoms with van der Waals surface area (Å²) in [5.74, 6) is -0.553. The Morgan fingerprint density at radius 2 is 2.20 bits per heavy atom. The SMILES string of the molecule is CC(=O)Oc1ccc([C@@H](CF)N2CCNCC2)cc1O. The van der Waals surface area contributed by atoms with Crippen molar-refractivity contribution in [2.75, 3.05) is 32.9 Å². The summed E-state index contributed by atoms with van der Waals surface area (Å²) in [5, 5.41) is 13.1. The first kappa shape index (κ1) is 14.7. The van der Waals surface area contributed by atoms with Gasteiger partial charge in [0.05, 0.1) is 6.04 Å². The second-order valence-corrected chi connectivity index (χ2v) is 4.78. The van der Waals surface area contributed by atoms with Crippen molar-refractivity contribution in [2.24, 2.45) is 0 Å². The van der Waals surface area contributed by atoms with Gasteiger partial charge in [0.25, 0.3) is 0 Å². The first-order valence-corrected chi connectivity index (χ1v) is 6.64. The fourth-order valence-corrected chi connectivity index (χ4v) is 2.37. The van der Waals surface area contributed by atoms with Gasteiger partial charge in [0.1, 0.15) is 6.67 Å². The smallest absolute Gasteiger partial charge is 0.308 e. The van der Waals surface area contributed by atoms with Crippen LogP contribution in [0, 0.1) is 0 Å². The van der Waals surface area contributed by atoms with E-state index in [4.69, 9.17) is 4.74 Å². The maximum Gasteiger partial charge on any atom is 0.308 e. The monoisotopic (exact) mass is 282 g/mol. The van der Waals surface area contributed by atoms with Crippen molar-refractivity contribution in [1.82, 2.24) is 10.2 Å². The number of nitrogens with one attached hydrogen (secondary N) is 1. The largest absolute Gasteiger partial charge is 0.504 e. The van der Waals surface area contributed by atoms with Crippen molar-refractivity contribution >= 4 is 5.97 Å². The van der Waals surface area contributed by atoms with E-state index in [0.717, 1.165) is 26.2 Å². The Morgan fingerprint density at radius 1 is 1.50 bits per heavy atom. The number of phenolic OH excluding ortho intramolecular Hbond substituents is 1. The molecule has 1 heterocycles. The molecule has 0 aromatic heterocycles. The summed E-state index contributed by atoms with van der Waals surface area (Å²) in [4.78, 5) is 12.9. The first-order chi connectivity index (χ1) is 9.61. The van der Waals surface area contributed by atoms with Gasteiger partial charge in [0.15, 0.2) is 11.5 Å². The summed E-state index contributed by atoms with van der Waals surface area (Å²) in [7, 11) is 0. The average Bonchev–Trinajstić information content (AvgIpc) is 2.43. The fourth-order valence-electron chi connectivity index (χ4n) is 2.37. The molecule has 0 amide bonds. The Bertz CT molecular complexity index is 475. The lowest BCUT2D eigenvalue weighted by molar-refractivity contribution is -0.132. The summed E-state index contributed by atoms with van der Waals surface area (Å²) in [6, 6.07) is 4.26. The van der Waals surface area contributed by atoms with Crippen LogP contribution in [-0.2, 0) is 4.79 Å². The van der Waals surface area contributed by atoms with Gasteiger partial charge in [0.2, 0.25) is 0 Å². The Hall–Kier alpha value is -1.66. The van der Waals surface area contributed by atoms with Crippen LogP contribution in [-0.4, -0.2) is 48.8 Å². The number of phenols is 1. The van der Waals surface area contributed by atoms with Crippen molar-refractivity contribution in [3.8, 4) is 11.5 Å². The maximum atomic E-state index is 13.3. The minimum Gasteiger partial charge on any atom is -0.504 e. The van der Waals surface area contributed by atoms with Gasteiger partial charge in [-0.1, -0.05) is 6.07 Å². The molecular formula is C14H19FN2O3. The summed E-state index contributed by atoms with van der Waals surface area (Å²) < 4.78 is 18.2. The molecule has 2 N–H and O–H groups in total. The number of alkyl halides is 1. The zero-order chi connectivity index (χ0) is 14.5. The van der Waals surface area contributed by atoms with E-state index in [1.807, 2.05) is 4.90 Å². The third-order valence-corrected chi connectivity index (χ3v) is 3.36. The molecule has 110 valence electrons. The number of benzene rings is 1. The third kappa shape index (κ3) is 3.46. The fraction of sp³-hybridized carbons (Fsp3) is 0.500. The molecule has 20 heavy (non-hydrogen) atoms. The quantitative estimate of drug-likeness (QED) is 0.642. The van der Waals surface area contributed by atoms with Crippen molar-refractivity contribution < 1.29 is 19.0 Å². The van der Waals surface area contributed by atoms with Gasteiger partial charge in [0, 0.05) is 33.1 Å². The molecule has 1 aromatic carbocycles. The molecule has 1 atom stereocenters. The van der Waals surface area contributed by atoms with Crippen molar-refractivity contribution in [2.45, 2.75) is 13.0 Å². The van der Waals surface area contributed by atoms with Crippen LogP contribution in [0.1, 0.15) is 18.5 Å². The number of esters is 1. The van der Waals surface area contributed by atoms with E-state index < -0.39 is 12.6 Å². The van der Waals surface area contributed by atoms with Crippen molar-refractivity contribution in [3.63, 3.8) is 0 Å². The molecule has 1 aliphatic heterocycles. The standard InChI is InChI=1S/C14H19FN2O3/c1-10(18)20-14-3-2-11(8-13(14)19)12(9-15)17-6-4-16-5-7-17/h2-3,8,12,16,19H,4-7,9H2,1H3/t12-/m1/s1. The number of ether oxygens (including phenoxy) is 1. The molecule has 0 unspecified atom stereocenters. The highest BCUT2D eigenvalue weighted by Gasteiger charge is 2.23. The van der Waals surface area contributed by atoms with Crippen LogP contribution in [0.15, 0.2) is 18.2 Å². The Kier molecular flexibility index (Phi) is 4.92. The molecule has 0 radical (unpaired) electrons. The van der Waals surface area contributed by atoms with Crippen LogP contribution in [0.3, 0.4) is 0 Å². The number of piperazine rings is 1. The van der Waals surface area contributed by atoms with Gasteiger partial charge in [-0.05, 0) is 17.7 Å². The van der Waals surface area contributed by atoms with E-state index in [1.165, 1.54) is 19.1 Å². The lowest BCUT2D eigenvalue weighted by atomic mass is 10.0. The molecular weight excluding hydrogens is 263 g/mol. The van der Waals surface area contributed by atoms with E-state index >= 15 is 0 Å². The average molecular weight is 282 g/mol. The topological polar surface area (TPSA) is 61.8 Å². The molecule has 0 spiro atoms. The number of rotatable bonds is 4. The highest BCUT2D eigenvalue weighted by Crippen LogP contribution is 2.31. The summed E-state index contributed by atoms with van der Waals surface area (Å²) >= 11 is 0. The predicted molar refractivity (Wildman–Crippen MR) is 72.6 cm³/mol. The van der Waals surface area contributed by atoms with Gasteiger partial charge >= 0.3 is 5.97 Å². The van der Waals surface area contributed by atoms with E-state index in [-0.39, 0.29) is 17.5 Å². The summed E-state index contributed by atoms with van der Waals surface area (Å²) in [5.41, 5.74) is 0.683. The van der Waals surface area contributed by atoms with Crippen LogP contribution in [0.4, 0.5) is 4.39 Å². The number of carbonyl (C=O) groups excluding carboxylic acids is 1. The summed E-state index contributed by atoms with van der Waals surface area (Å²) in [6.07, 6.45) is 0. The van der Waals surface area contributed by atoms with Gasteiger partial charge in [-0.25, -0.2) is 4.39 Å². The highest BCUT2D eigenvalue weighted by atomic mass is 19.1. The highest BCUT2D eigenvalue weighted by molar-refractivity contribution is 5.70. The lowest BCUT2D eigenvalue weighted by Crippen LogP contribution is -2.45. The number of nitrogens with zero attached hydrogens (tertiary/aromatic N) is 1. The molecule has 5 nitrogen and oxygen atoms in total. The van der Waals surface area contributed by atoms with Gasteiger partial charge < -0.3 is 15.2 Å². The second kappa shape index (κ2) is 6.67. The van der Waals surface area contributed by atoms with Crippen LogP contribution < -0.4 is 10.1 Å². The van der Waals surface area contributed by atoms with E-state index in [2.05, 4.69) is 5.32 Å². The molecule has 2 rings (SSSR count). The van der Waals surface area contributed by atoms with Crippen LogP contribution >= 0.6 is 0 Å². The molecule has 1 aliphatic rings. The Morgan fingerprint density at radius 3 is 2.75 bits per heavy atom. The molecule has 1 saturated heterocycles. The molecule has 0 aliphatic carbocycles. The van der Waals surface area contributed by atoms with Crippen LogP contribution in [0.2, 0.25) is 0 Å². The lowest BCUT2D eigenvalue weighted by Gasteiger charge is -2.33. The molecule has 0 bridgehead atoms. The second-order valence-electron chi connectivity index (χ2n) is 4.78. The van der Waals surface area contributed by atoms with Gasteiger partial charge in [-0.3, -0.25) is 9.69 Å². The van der Waals surface area contributed by atoms with Gasteiger partial charge in [-0.15, -0.1) is 0 Å². The zero-order valence-electron chi connectivity index (χ0n) is 11.4. The van der Waals surface area contributed by atoms with Crippen molar-refractivity contribution in [3.05, 3.63) is 23.8 Å². The number of aromatic hydroxyl groups is 1. The number of hydrogen-bond acceptors (Lipinski definition) is 5. The molecule has 6 heteroatoms. The predicted octanol–water partition coefficient (Wildman–Crippen LogP) is 1.23. The molecule has 1 fully saturated rings. The van der Waals surface area contributed by atoms with Crippen molar-refractivity contribution in [1.29, 1.82) is 0 Å². The Labute approximate surface area is 117 Å². The van der Waals surface area contributed by atoms with Crippen LogP contribution in [0.5, 0.6) is 11.5 Å². The molecule has 0 saturated carbocycles. The zero-order valence-corrected chi connectivity index (χ0v) is 11.4.